The van der Waals surface area contributed by atoms with Crippen molar-refractivity contribution in [1.82, 2.24) is 9.80 Å². The normalized spacial score (nSPS) is 14.0. The van der Waals surface area contributed by atoms with Gasteiger partial charge in [-0.2, -0.15) is 0 Å². The van der Waals surface area contributed by atoms with Gasteiger partial charge in [-0.05, 0) is 12.1 Å². The first-order valence-corrected chi connectivity index (χ1v) is 6.05. The summed E-state index contributed by atoms with van der Waals surface area (Å²) in [6.07, 6.45) is 0. The molecule has 2 N–H and O–H groups in total. The SMILES string of the molecule is O=C(O)CN(CCO)CN1C(=O)c2ccccc2C1=O. The van der Waals surface area contributed by atoms with Gasteiger partial charge in [-0.15, -0.1) is 0 Å². The highest BCUT2D eigenvalue weighted by Gasteiger charge is 2.36. The highest BCUT2D eigenvalue weighted by molar-refractivity contribution is 6.21. The standard InChI is InChI=1S/C13H14N2O5/c16-6-5-14(7-11(17)18)8-15-12(19)9-3-1-2-4-10(9)13(15)20/h1-4,16H,5-8H2,(H,17,18). The Labute approximate surface area is 115 Å². The monoisotopic (exact) mass is 278 g/mol. The molecule has 2 rings (SSSR count). The third-order valence-corrected chi connectivity index (χ3v) is 2.99. The summed E-state index contributed by atoms with van der Waals surface area (Å²) < 4.78 is 0. The van der Waals surface area contributed by atoms with Gasteiger partial charge in [0.25, 0.3) is 11.8 Å². The Bertz CT molecular complexity index is 522. The Morgan fingerprint density at radius 1 is 1.15 bits per heavy atom. The maximum absolute atomic E-state index is 12.1. The van der Waals surface area contributed by atoms with Crippen molar-refractivity contribution in [3.63, 3.8) is 0 Å². The largest absolute Gasteiger partial charge is 0.480 e. The van der Waals surface area contributed by atoms with Crippen LogP contribution in [0.5, 0.6) is 0 Å². The fourth-order valence-corrected chi connectivity index (χ4v) is 2.10. The summed E-state index contributed by atoms with van der Waals surface area (Å²) in [6.45, 7) is -0.691. The number of carbonyl (C=O) groups excluding carboxylic acids is 2. The van der Waals surface area contributed by atoms with E-state index in [1.54, 1.807) is 24.3 Å². The number of rotatable bonds is 6. The topological polar surface area (TPSA) is 98.1 Å². The van der Waals surface area contributed by atoms with Crippen molar-refractivity contribution in [2.45, 2.75) is 0 Å². The lowest BCUT2D eigenvalue weighted by Crippen LogP contribution is -2.44. The van der Waals surface area contributed by atoms with E-state index in [9.17, 15) is 14.4 Å². The van der Waals surface area contributed by atoms with E-state index < -0.39 is 17.8 Å². The average Bonchev–Trinajstić information content (AvgIpc) is 2.64. The van der Waals surface area contributed by atoms with Crippen LogP contribution in [0.1, 0.15) is 20.7 Å². The van der Waals surface area contributed by atoms with Gasteiger partial charge < -0.3 is 10.2 Å². The predicted octanol–water partition coefficient (Wildman–Crippen LogP) is -0.381. The zero-order valence-corrected chi connectivity index (χ0v) is 10.7. The first-order valence-electron chi connectivity index (χ1n) is 6.05. The fourth-order valence-electron chi connectivity index (χ4n) is 2.10. The first-order chi connectivity index (χ1) is 9.54. The molecule has 1 aromatic carbocycles. The lowest BCUT2D eigenvalue weighted by molar-refractivity contribution is -0.138. The summed E-state index contributed by atoms with van der Waals surface area (Å²) in [6, 6.07) is 6.44. The number of aliphatic hydroxyl groups is 1. The van der Waals surface area contributed by atoms with Gasteiger partial charge in [-0.3, -0.25) is 24.2 Å². The van der Waals surface area contributed by atoms with Crippen LogP contribution < -0.4 is 0 Å². The summed E-state index contributed by atoms with van der Waals surface area (Å²) >= 11 is 0. The van der Waals surface area contributed by atoms with E-state index in [0.29, 0.717) is 11.1 Å². The second-order valence-corrected chi connectivity index (χ2v) is 4.40. The van der Waals surface area contributed by atoms with E-state index >= 15 is 0 Å². The minimum atomic E-state index is -1.09. The van der Waals surface area contributed by atoms with Gasteiger partial charge in [0.05, 0.1) is 30.9 Å². The molecule has 0 aliphatic carbocycles. The molecule has 106 valence electrons. The number of nitrogens with zero attached hydrogens (tertiary/aromatic N) is 2. The summed E-state index contributed by atoms with van der Waals surface area (Å²) in [5, 5.41) is 17.7. The van der Waals surface area contributed by atoms with Gasteiger partial charge in [-0.25, -0.2) is 0 Å². The summed E-state index contributed by atoms with van der Waals surface area (Å²) in [4.78, 5) is 37.2. The molecule has 1 heterocycles. The number of carbonyl (C=O) groups is 3. The molecule has 0 aromatic heterocycles. The number of carboxylic acids is 1. The van der Waals surface area contributed by atoms with Gasteiger partial charge in [0, 0.05) is 6.54 Å². The Morgan fingerprint density at radius 3 is 2.15 bits per heavy atom. The zero-order chi connectivity index (χ0) is 14.7. The molecule has 1 aliphatic rings. The number of aliphatic hydroxyl groups excluding tert-OH is 1. The molecule has 0 spiro atoms. The molecular weight excluding hydrogens is 264 g/mol. The van der Waals surface area contributed by atoms with Crippen molar-refractivity contribution in [2.75, 3.05) is 26.4 Å². The number of imide groups is 1. The number of carboxylic acid groups (broad SMARTS) is 1. The molecule has 0 bridgehead atoms. The molecule has 2 amide bonds. The van der Waals surface area contributed by atoms with Crippen LogP contribution in [0.4, 0.5) is 0 Å². The highest BCUT2D eigenvalue weighted by atomic mass is 16.4. The number of fused-ring (bicyclic) bond motifs is 1. The average molecular weight is 278 g/mol. The molecule has 0 saturated heterocycles. The lowest BCUT2D eigenvalue weighted by Gasteiger charge is -2.24. The van der Waals surface area contributed by atoms with Crippen molar-refractivity contribution in [2.24, 2.45) is 0 Å². The van der Waals surface area contributed by atoms with E-state index in [-0.39, 0.29) is 26.4 Å². The van der Waals surface area contributed by atoms with Gasteiger partial charge >= 0.3 is 5.97 Å². The fraction of sp³-hybridized carbons (Fsp3) is 0.308. The molecule has 0 fully saturated rings. The van der Waals surface area contributed by atoms with Crippen molar-refractivity contribution in [3.05, 3.63) is 35.4 Å². The molecule has 0 atom stereocenters. The molecule has 1 aliphatic heterocycles. The maximum atomic E-state index is 12.1. The predicted molar refractivity (Wildman–Crippen MR) is 68.1 cm³/mol. The third kappa shape index (κ3) is 2.68. The molecule has 20 heavy (non-hydrogen) atoms. The second-order valence-electron chi connectivity index (χ2n) is 4.40. The minimum Gasteiger partial charge on any atom is -0.480 e. The molecule has 0 saturated carbocycles. The van der Waals surface area contributed by atoms with Crippen molar-refractivity contribution in [1.29, 1.82) is 0 Å². The summed E-state index contributed by atoms with van der Waals surface area (Å²) in [7, 11) is 0. The number of benzene rings is 1. The Kier molecular flexibility index (Phi) is 4.11. The van der Waals surface area contributed by atoms with Crippen LogP contribution in [-0.2, 0) is 4.79 Å². The molecule has 7 heteroatoms. The van der Waals surface area contributed by atoms with Crippen LogP contribution in [0.15, 0.2) is 24.3 Å². The van der Waals surface area contributed by atoms with Crippen molar-refractivity contribution < 1.29 is 24.6 Å². The van der Waals surface area contributed by atoms with Crippen LogP contribution in [-0.4, -0.2) is 64.2 Å². The highest BCUT2D eigenvalue weighted by Crippen LogP contribution is 2.22. The van der Waals surface area contributed by atoms with Crippen molar-refractivity contribution in [3.8, 4) is 0 Å². The van der Waals surface area contributed by atoms with Gasteiger partial charge in [0.15, 0.2) is 0 Å². The second kappa shape index (κ2) is 5.81. The maximum Gasteiger partial charge on any atom is 0.317 e. The van der Waals surface area contributed by atoms with Crippen LogP contribution in [0.3, 0.4) is 0 Å². The number of amides is 2. The molecule has 1 aromatic rings. The van der Waals surface area contributed by atoms with Gasteiger partial charge in [-0.1, -0.05) is 12.1 Å². The van der Waals surface area contributed by atoms with E-state index in [1.165, 1.54) is 4.90 Å². The third-order valence-electron chi connectivity index (χ3n) is 2.99. The van der Waals surface area contributed by atoms with E-state index in [4.69, 9.17) is 10.2 Å². The summed E-state index contributed by atoms with van der Waals surface area (Å²) in [5.74, 6) is -1.98. The van der Waals surface area contributed by atoms with Crippen LogP contribution in [0.2, 0.25) is 0 Å². The summed E-state index contributed by atoms with van der Waals surface area (Å²) in [5.41, 5.74) is 0.633. The van der Waals surface area contributed by atoms with E-state index in [2.05, 4.69) is 0 Å². The molecule has 0 unspecified atom stereocenters. The number of aliphatic carboxylic acids is 1. The van der Waals surface area contributed by atoms with Gasteiger partial charge in [0.2, 0.25) is 0 Å². The van der Waals surface area contributed by atoms with E-state index in [0.717, 1.165) is 4.90 Å². The first kappa shape index (κ1) is 14.2. The van der Waals surface area contributed by atoms with Crippen LogP contribution in [0.25, 0.3) is 0 Å². The smallest absolute Gasteiger partial charge is 0.317 e. The quantitative estimate of drug-likeness (QED) is 0.688. The van der Waals surface area contributed by atoms with Gasteiger partial charge in [0.1, 0.15) is 0 Å². The van der Waals surface area contributed by atoms with E-state index in [1.807, 2.05) is 0 Å². The molecule has 7 nitrogen and oxygen atoms in total. The Hall–Kier alpha value is -2.25. The lowest BCUT2D eigenvalue weighted by atomic mass is 10.1. The number of hydrogen-bond donors (Lipinski definition) is 2. The minimum absolute atomic E-state index is 0.0692. The molecule has 0 radical (unpaired) electrons. The Balaban J connectivity index is 2.16. The number of hydrogen-bond acceptors (Lipinski definition) is 5. The van der Waals surface area contributed by atoms with Crippen LogP contribution in [0, 0.1) is 0 Å². The Morgan fingerprint density at radius 2 is 1.70 bits per heavy atom. The molecular formula is C13H14N2O5. The van der Waals surface area contributed by atoms with Crippen molar-refractivity contribution >= 4 is 17.8 Å². The van der Waals surface area contributed by atoms with Crippen LogP contribution >= 0.6 is 0 Å². The zero-order valence-electron chi connectivity index (χ0n) is 10.7.